The molecule has 0 fully saturated rings. The molecule has 5 heterocycles. The maximum absolute atomic E-state index is 13.9. The van der Waals surface area contributed by atoms with Crippen LogP contribution in [-0.2, 0) is 61.8 Å². The predicted molar refractivity (Wildman–Crippen MR) is 179 cm³/mol. The van der Waals surface area contributed by atoms with E-state index in [4.69, 9.17) is 26.2 Å². The van der Waals surface area contributed by atoms with Crippen LogP contribution in [0, 0.1) is 0 Å². The van der Waals surface area contributed by atoms with Gasteiger partial charge in [0.15, 0.2) is 0 Å². The number of carboxylic acid groups (broad SMARTS) is 1. The smallest absolute Gasteiger partial charge is 0.416 e. The molecule has 0 radical (unpaired) electrons. The lowest BCUT2D eigenvalue weighted by molar-refractivity contribution is -0.137. The number of rotatable bonds is 1. The molecule has 3 aromatic heterocycles. The number of thioether (sulfide) groups is 2. The Hall–Kier alpha value is -3.59. The van der Waals surface area contributed by atoms with Crippen LogP contribution >= 0.6 is 35.1 Å². The van der Waals surface area contributed by atoms with Gasteiger partial charge in [-0.3, -0.25) is 9.36 Å². The van der Waals surface area contributed by atoms with Crippen molar-refractivity contribution in [3.05, 3.63) is 81.0 Å². The Morgan fingerprint density at radius 2 is 1.88 bits per heavy atom. The highest BCUT2D eigenvalue weighted by molar-refractivity contribution is 7.98. The fourth-order valence-corrected chi connectivity index (χ4v) is 8.57. The molecule has 0 saturated heterocycles. The van der Waals surface area contributed by atoms with Gasteiger partial charge in [0.1, 0.15) is 11.4 Å². The maximum atomic E-state index is 13.9. The fourth-order valence-electron chi connectivity index (χ4n) is 6.48. The summed E-state index contributed by atoms with van der Waals surface area (Å²) < 4.78 is 58.7. The topological polar surface area (TPSA) is 96.3 Å². The minimum Gasteiger partial charge on any atom is -0.494 e. The van der Waals surface area contributed by atoms with Gasteiger partial charge in [-0.1, -0.05) is 17.7 Å². The predicted octanol–water partition coefficient (Wildman–Crippen LogP) is 7.73. The highest BCUT2D eigenvalue weighted by Gasteiger charge is 2.32. The zero-order valence-electron chi connectivity index (χ0n) is 26.1. The van der Waals surface area contributed by atoms with Crippen molar-refractivity contribution in [3.8, 4) is 16.9 Å². The Balaban J connectivity index is 1.35. The molecule has 0 saturated carbocycles. The molecule has 2 aliphatic rings. The van der Waals surface area contributed by atoms with Crippen molar-refractivity contribution in [2.75, 3.05) is 13.2 Å². The quantitative estimate of drug-likeness (QED) is 0.188. The van der Waals surface area contributed by atoms with E-state index in [0.717, 1.165) is 45.9 Å². The number of nitrogens with zero attached hydrogens (tertiary/aromatic N) is 5. The first-order chi connectivity index (χ1) is 23.0. The molecule has 2 aromatic carbocycles. The molecule has 0 atom stereocenters. The van der Waals surface area contributed by atoms with Crippen molar-refractivity contribution in [1.29, 1.82) is 0 Å². The lowest BCUT2D eigenvalue weighted by Gasteiger charge is -2.17. The Kier molecular flexibility index (Phi) is 8.94. The summed E-state index contributed by atoms with van der Waals surface area (Å²) >= 11 is 9.89. The number of aromatic carboxylic acids is 1. The monoisotopic (exact) mass is 717 g/mol. The van der Waals surface area contributed by atoms with E-state index in [1.807, 2.05) is 23.9 Å². The third-order valence-corrected chi connectivity index (χ3v) is 10.9. The van der Waals surface area contributed by atoms with Gasteiger partial charge in [0.2, 0.25) is 0 Å². The third-order valence-electron chi connectivity index (χ3n) is 8.63. The van der Waals surface area contributed by atoms with E-state index >= 15 is 0 Å². The average molecular weight is 718 g/mol. The second-order valence-corrected chi connectivity index (χ2v) is 14.2. The molecule has 8 bridgehead atoms. The standard InChI is InChI=1S/C33H31ClF3N5O4S2/c1-40-30-24-5-6-25(34)28(30)29-26(39-42-7-9-45-14-27(29)42)17-47-15-19-12-20(41(2)38-19)16-48-22-11-18(33(35,36)37)10-21(13-22)46-8-3-4-23(24)31(40)32(43)44/h5-6,10-13H,3-4,7-9,14-17H2,1-2H3,(H,43,44). The summed E-state index contributed by atoms with van der Waals surface area (Å²) in [6, 6.07) is 9.32. The molecule has 7 rings (SSSR count). The second kappa shape index (κ2) is 13.0. The van der Waals surface area contributed by atoms with E-state index in [1.165, 1.54) is 11.8 Å². The van der Waals surface area contributed by atoms with Crippen molar-refractivity contribution < 1.29 is 32.5 Å². The van der Waals surface area contributed by atoms with Gasteiger partial charge < -0.3 is 19.1 Å². The minimum absolute atomic E-state index is 0.0853. The first kappa shape index (κ1) is 32.9. The van der Waals surface area contributed by atoms with Gasteiger partial charge in [-0.05, 0) is 48.7 Å². The number of aryl methyl sites for hydroxylation is 3. The van der Waals surface area contributed by atoms with Crippen molar-refractivity contribution in [1.82, 2.24) is 24.1 Å². The molecule has 1 N–H and O–H groups in total. The van der Waals surface area contributed by atoms with Crippen LogP contribution in [0.5, 0.6) is 5.75 Å². The molecule has 0 amide bonds. The number of alkyl halides is 3. The first-order valence-electron chi connectivity index (χ1n) is 15.3. The van der Waals surface area contributed by atoms with Crippen molar-refractivity contribution in [2.24, 2.45) is 14.1 Å². The molecule has 15 heteroatoms. The van der Waals surface area contributed by atoms with Crippen LogP contribution < -0.4 is 4.74 Å². The summed E-state index contributed by atoms with van der Waals surface area (Å²) in [5, 5.41) is 21.2. The van der Waals surface area contributed by atoms with Gasteiger partial charge in [-0.2, -0.15) is 23.4 Å². The summed E-state index contributed by atoms with van der Waals surface area (Å²) in [5.41, 5.74) is 5.56. The number of carbonyl (C=O) groups is 1. The van der Waals surface area contributed by atoms with Crippen molar-refractivity contribution in [2.45, 2.75) is 54.3 Å². The number of benzene rings is 2. The number of aromatic nitrogens is 5. The summed E-state index contributed by atoms with van der Waals surface area (Å²) in [6.07, 6.45) is -3.86. The molecule has 48 heavy (non-hydrogen) atoms. The van der Waals surface area contributed by atoms with E-state index in [9.17, 15) is 23.1 Å². The summed E-state index contributed by atoms with van der Waals surface area (Å²) in [6.45, 7) is 1.56. The van der Waals surface area contributed by atoms with Crippen LogP contribution in [0.15, 0.2) is 41.3 Å². The lowest BCUT2D eigenvalue weighted by Crippen LogP contribution is -2.17. The van der Waals surface area contributed by atoms with E-state index in [2.05, 4.69) is 5.10 Å². The Labute approximate surface area is 287 Å². The third kappa shape index (κ3) is 6.19. The molecule has 0 spiro atoms. The van der Waals surface area contributed by atoms with Gasteiger partial charge in [0, 0.05) is 58.5 Å². The van der Waals surface area contributed by atoms with Gasteiger partial charge in [0.25, 0.3) is 0 Å². The zero-order chi connectivity index (χ0) is 33.7. The van der Waals surface area contributed by atoms with Gasteiger partial charge in [0.05, 0.1) is 59.5 Å². The van der Waals surface area contributed by atoms with E-state index in [-0.39, 0.29) is 18.1 Å². The number of carboxylic acids is 1. The van der Waals surface area contributed by atoms with Gasteiger partial charge in [-0.25, -0.2) is 4.79 Å². The van der Waals surface area contributed by atoms with E-state index in [0.29, 0.717) is 76.4 Å². The molecular weight excluding hydrogens is 687 g/mol. The van der Waals surface area contributed by atoms with Gasteiger partial charge >= 0.3 is 12.1 Å². The number of hydrogen-bond acceptors (Lipinski definition) is 7. The first-order valence-corrected chi connectivity index (χ1v) is 17.8. The Morgan fingerprint density at radius 3 is 2.67 bits per heavy atom. The zero-order valence-corrected chi connectivity index (χ0v) is 28.5. The normalized spacial score (nSPS) is 15.9. The van der Waals surface area contributed by atoms with Gasteiger partial charge in [-0.15, -0.1) is 23.5 Å². The minimum atomic E-state index is -4.55. The Morgan fingerprint density at radius 1 is 1.04 bits per heavy atom. The molecular formula is C33H31ClF3N5O4S2. The van der Waals surface area contributed by atoms with Crippen molar-refractivity contribution >= 4 is 52.0 Å². The van der Waals surface area contributed by atoms with E-state index < -0.39 is 17.7 Å². The largest absolute Gasteiger partial charge is 0.494 e. The van der Waals surface area contributed by atoms with Crippen LogP contribution in [0.4, 0.5) is 13.2 Å². The van der Waals surface area contributed by atoms with Crippen molar-refractivity contribution in [3.63, 3.8) is 0 Å². The molecule has 0 unspecified atom stereocenters. The number of halogens is 4. The highest BCUT2D eigenvalue weighted by Crippen LogP contribution is 2.44. The number of fused-ring (bicyclic) bond motifs is 8. The highest BCUT2D eigenvalue weighted by atomic mass is 35.5. The van der Waals surface area contributed by atoms with Crippen LogP contribution in [0.25, 0.3) is 22.0 Å². The fraction of sp³-hybridized carbons (Fsp3) is 0.364. The van der Waals surface area contributed by atoms with Crippen LogP contribution in [-0.4, -0.2) is 48.4 Å². The molecule has 252 valence electrons. The SMILES string of the molecule is Cn1nc2cc1CSc1cc(cc(C(F)(F)F)c1)OCCCc1c(C(=O)O)n(C)c3c(c(Cl)ccc13)-c1c(nn3c1COCC3)CSC2. The lowest BCUT2D eigenvalue weighted by atomic mass is 9.98. The number of ether oxygens (including phenoxy) is 2. The Bertz CT molecular complexity index is 2060. The summed E-state index contributed by atoms with van der Waals surface area (Å²) in [4.78, 5) is 13.1. The van der Waals surface area contributed by atoms with Crippen LogP contribution in [0.2, 0.25) is 5.02 Å². The maximum Gasteiger partial charge on any atom is 0.416 e. The number of hydrogen-bond donors (Lipinski definition) is 1. The second-order valence-electron chi connectivity index (χ2n) is 11.7. The van der Waals surface area contributed by atoms with E-state index in [1.54, 1.807) is 40.2 Å². The molecule has 0 aliphatic carbocycles. The average Bonchev–Trinajstić information content (AvgIpc) is 3.68. The molecule has 2 aliphatic heterocycles. The summed E-state index contributed by atoms with van der Waals surface area (Å²) in [5.74, 6) is 0.547. The van der Waals surface area contributed by atoms with Crippen LogP contribution in [0.3, 0.4) is 0 Å². The van der Waals surface area contributed by atoms with Crippen LogP contribution in [0.1, 0.15) is 50.8 Å². The molecule has 5 aromatic rings. The molecule has 9 nitrogen and oxygen atoms in total. The summed E-state index contributed by atoms with van der Waals surface area (Å²) in [7, 11) is 3.54.